The van der Waals surface area contributed by atoms with E-state index in [1.54, 1.807) is 0 Å². The average molecular weight is 508 g/mol. The number of hydrogen-bond donors (Lipinski definition) is 1. The molecule has 0 radical (unpaired) electrons. The Morgan fingerprint density at radius 1 is 1.00 bits per heavy atom. The first-order valence-electron chi connectivity index (χ1n) is 12.5. The van der Waals surface area contributed by atoms with E-state index in [9.17, 15) is 4.79 Å². The van der Waals surface area contributed by atoms with Crippen molar-refractivity contribution >= 4 is 6.09 Å². The van der Waals surface area contributed by atoms with Crippen LogP contribution in [0.1, 0.15) is 39.2 Å². The summed E-state index contributed by atoms with van der Waals surface area (Å²) in [5, 5.41) is 6.36. The van der Waals surface area contributed by atoms with Crippen molar-refractivity contribution in [2.45, 2.75) is 51.8 Å². The maximum absolute atomic E-state index is 12.0. The largest absolute Gasteiger partial charge is 0.491 e. The molecular formula is C25H41N5O6. The van der Waals surface area contributed by atoms with Crippen LogP contribution in [-0.4, -0.2) is 88.5 Å². The van der Waals surface area contributed by atoms with Crippen molar-refractivity contribution in [3.63, 3.8) is 0 Å². The number of rotatable bonds is 16. The first-order valence-corrected chi connectivity index (χ1v) is 12.5. The van der Waals surface area contributed by atoms with E-state index in [1.165, 1.54) is 5.56 Å². The fourth-order valence-corrected chi connectivity index (χ4v) is 3.57. The van der Waals surface area contributed by atoms with Crippen LogP contribution in [0, 0.1) is 0 Å². The van der Waals surface area contributed by atoms with Crippen LogP contribution in [0.25, 0.3) is 10.4 Å². The Bertz CT molecular complexity index is 787. The van der Waals surface area contributed by atoms with Crippen molar-refractivity contribution in [1.29, 1.82) is 0 Å². The summed E-state index contributed by atoms with van der Waals surface area (Å²) in [5.74, 6) is 0.816. The van der Waals surface area contributed by atoms with Crippen LogP contribution >= 0.6 is 0 Å². The summed E-state index contributed by atoms with van der Waals surface area (Å²) in [5.41, 5.74) is 8.90. The van der Waals surface area contributed by atoms with Crippen LogP contribution in [0.4, 0.5) is 4.79 Å². The fourth-order valence-electron chi connectivity index (χ4n) is 3.57. The Labute approximate surface area is 214 Å². The van der Waals surface area contributed by atoms with E-state index < -0.39 is 5.60 Å². The standard InChI is InChI=1S/C25H41N5O6/c1-25(2,3)36-24(31)28-22-8-11-30(12-9-22)20-21-4-6-23(7-5-21)35-19-18-34-17-16-33-15-14-32-13-10-27-29-26/h4-7,22H,8-20H2,1-3H3,(H,28,31). The Hall–Kier alpha value is -2.56. The quantitative estimate of drug-likeness (QED) is 0.155. The first kappa shape index (κ1) is 29.7. The van der Waals surface area contributed by atoms with Gasteiger partial charge in [0.25, 0.3) is 0 Å². The minimum absolute atomic E-state index is 0.163. The molecule has 0 bridgehead atoms. The molecule has 202 valence electrons. The molecule has 0 unspecified atom stereocenters. The number of nitrogens with one attached hydrogen (secondary N) is 1. The molecule has 11 heteroatoms. The minimum atomic E-state index is -0.476. The van der Waals surface area contributed by atoms with Crippen LogP contribution in [0.2, 0.25) is 0 Å². The van der Waals surface area contributed by atoms with E-state index in [-0.39, 0.29) is 12.1 Å². The number of azide groups is 1. The van der Waals surface area contributed by atoms with Crippen LogP contribution in [-0.2, 0) is 25.5 Å². The third-order valence-corrected chi connectivity index (χ3v) is 5.28. The van der Waals surface area contributed by atoms with Gasteiger partial charge < -0.3 is 29.0 Å². The number of hydrogen-bond acceptors (Lipinski definition) is 8. The first-order chi connectivity index (χ1) is 17.4. The molecule has 11 nitrogen and oxygen atoms in total. The molecule has 0 aromatic heterocycles. The molecule has 1 aliphatic rings. The molecule has 1 saturated heterocycles. The predicted molar refractivity (Wildman–Crippen MR) is 136 cm³/mol. The smallest absolute Gasteiger partial charge is 0.407 e. The Kier molecular flexibility index (Phi) is 14.0. The van der Waals surface area contributed by atoms with Gasteiger partial charge in [0.1, 0.15) is 18.0 Å². The van der Waals surface area contributed by atoms with E-state index in [0.717, 1.165) is 38.2 Å². The third kappa shape index (κ3) is 14.1. The van der Waals surface area contributed by atoms with E-state index in [0.29, 0.717) is 52.8 Å². The van der Waals surface area contributed by atoms with Crippen LogP contribution in [0.3, 0.4) is 0 Å². The maximum Gasteiger partial charge on any atom is 0.407 e. The SMILES string of the molecule is CC(C)(C)OC(=O)NC1CCN(Cc2ccc(OCCOCCOCCOCCN=[N+]=[N-])cc2)CC1. The van der Waals surface area contributed by atoms with Gasteiger partial charge in [-0.25, -0.2) is 4.79 Å². The lowest BCUT2D eigenvalue weighted by Crippen LogP contribution is -2.45. The Morgan fingerprint density at radius 3 is 2.17 bits per heavy atom. The molecule has 2 rings (SSSR count). The molecule has 0 atom stereocenters. The Balaban J connectivity index is 1.49. The van der Waals surface area contributed by atoms with E-state index in [2.05, 4.69) is 32.4 Å². The van der Waals surface area contributed by atoms with Gasteiger partial charge in [0.15, 0.2) is 0 Å². The molecule has 1 aromatic carbocycles. The monoisotopic (exact) mass is 507 g/mol. The van der Waals surface area contributed by atoms with Gasteiger partial charge in [-0.15, -0.1) is 0 Å². The van der Waals surface area contributed by atoms with E-state index in [1.807, 2.05) is 32.9 Å². The van der Waals surface area contributed by atoms with Crippen molar-refractivity contribution < 1.29 is 28.5 Å². The van der Waals surface area contributed by atoms with Gasteiger partial charge in [0.2, 0.25) is 0 Å². The Morgan fingerprint density at radius 2 is 1.58 bits per heavy atom. The lowest BCUT2D eigenvalue weighted by atomic mass is 10.0. The average Bonchev–Trinajstić information content (AvgIpc) is 2.83. The number of benzene rings is 1. The normalized spacial score (nSPS) is 14.8. The van der Waals surface area contributed by atoms with Crippen molar-refractivity contribution in [3.05, 3.63) is 40.3 Å². The summed E-state index contributed by atoms with van der Waals surface area (Å²) in [6, 6.07) is 8.30. The van der Waals surface area contributed by atoms with Gasteiger partial charge in [0, 0.05) is 37.1 Å². The van der Waals surface area contributed by atoms with E-state index in [4.69, 9.17) is 29.2 Å². The molecule has 0 saturated carbocycles. The van der Waals surface area contributed by atoms with Gasteiger partial charge in [0.05, 0.1) is 39.6 Å². The van der Waals surface area contributed by atoms with Gasteiger partial charge in [-0.1, -0.05) is 17.2 Å². The lowest BCUT2D eigenvalue weighted by Gasteiger charge is -2.32. The third-order valence-electron chi connectivity index (χ3n) is 5.28. The highest BCUT2D eigenvalue weighted by Gasteiger charge is 2.23. The summed E-state index contributed by atoms with van der Waals surface area (Å²) in [7, 11) is 0. The molecule has 0 aliphatic carbocycles. The predicted octanol–water partition coefficient (Wildman–Crippen LogP) is 3.91. The number of likely N-dealkylation sites (tertiary alicyclic amines) is 1. The van der Waals surface area contributed by atoms with Crippen LogP contribution < -0.4 is 10.1 Å². The molecule has 0 spiro atoms. The topological polar surface area (TPSA) is 127 Å². The molecule has 1 aromatic rings. The highest BCUT2D eigenvalue weighted by Crippen LogP contribution is 2.17. The highest BCUT2D eigenvalue weighted by atomic mass is 16.6. The second-order valence-corrected chi connectivity index (χ2v) is 9.48. The van der Waals surface area contributed by atoms with Crippen LogP contribution in [0.5, 0.6) is 5.75 Å². The fraction of sp³-hybridized carbons (Fsp3) is 0.720. The molecule has 1 amide bonds. The number of amides is 1. The minimum Gasteiger partial charge on any atom is -0.491 e. The summed E-state index contributed by atoms with van der Waals surface area (Å²) in [4.78, 5) is 17.0. The van der Waals surface area contributed by atoms with Gasteiger partial charge in [-0.05, 0) is 56.8 Å². The number of piperidine rings is 1. The summed E-state index contributed by atoms with van der Waals surface area (Å²) < 4.78 is 27.2. The second-order valence-electron chi connectivity index (χ2n) is 9.48. The number of nitrogens with zero attached hydrogens (tertiary/aromatic N) is 4. The second kappa shape index (κ2) is 17.0. The molecule has 1 heterocycles. The molecular weight excluding hydrogens is 466 g/mol. The zero-order chi connectivity index (χ0) is 26.1. The maximum atomic E-state index is 12.0. The van der Waals surface area contributed by atoms with Crippen molar-refractivity contribution in [2.75, 3.05) is 65.9 Å². The number of carbonyl (C=O) groups is 1. The molecule has 1 fully saturated rings. The number of alkyl carbamates (subject to hydrolysis) is 1. The summed E-state index contributed by atoms with van der Waals surface area (Å²) >= 11 is 0. The van der Waals surface area contributed by atoms with Crippen LogP contribution in [0.15, 0.2) is 29.4 Å². The van der Waals surface area contributed by atoms with Crippen molar-refractivity contribution in [1.82, 2.24) is 10.2 Å². The van der Waals surface area contributed by atoms with Crippen molar-refractivity contribution in [2.24, 2.45) is 5.11 Å². The lowest BCUT2D eigenvalue weighted by molar-refractivity contribution is 0.0106. The zero-order valence-corrected chi connectivity index (χ0v) is 21.8. The molecule has 36 heavy (non-hydrogen) atoms. The summed E-state index contributed by atoms with van der Waals surface area (Å²) in [6.07, 6.45) is 1.49. The number of carbonyl (C=O) groups excluding carboxylic acids is 1. The van der Waals surface area contributed by atoms with Gasteiger partial charge >= 0.3 is 6.09 Å². The number of ether oxygens (including phenoxy) is 5. The van der Waals surface area contributed by atoms with E-state index >= 15 is 0 Å². The van der Waals surface area contributed by atoms with Gasteiger partial charge in [-0.3, -0.25) is 4.90 Å². The van der Waals surface area contributed by atoms with Crippen molar-refractivity contribution in [3.8, 4) is 5.75 Å². The summed E-state index contributed by atoms with van der Waals surface area (Å²) in [6.45, 7) is 12.0. The zero-order valence-electron chi connectivity index (χ0n) is 21.8. The van der Waals surface area contributed by atoms with Gasteiger partial charge in [-0.2, -0.15) is 0 Å². The molecule has 1 N–H and O–H groups in total. The molecule has 1 aliphatic heterocycles. The highest BCUT2D eigenvalue weighted by molar-refractivity contribution is 5.68.